The highest BCUT2D eigenvalue weighted by Gasteiger charge is 2.05. The van der Waals surface area contributed by atoms with Crippen LogP contribution in [0, 0.1) is 13.8 Å². The summed E-state index contributed by atoms with van der Waals surface area (Å²) in [5.74, 6) is 0.0458. The number of rotatable bonds is 6. The number of hydrogen-bond donors (Lipinski definition) is 1. The lowest BCUT2D eigenvalue weighted by Gasteiger charge is -2.04. The molecule has 0 fully saturated rings. The summed E-state index contributed by atoms with van der Waals surface area (Å²) in [4.78, 5) is 21.5. The summed E-state index contributed by atoms with van der Waals surface area (Å²) in [6.07, 6.45) is 5.67. The number of aryl methyl sites for hydroxylation is 3. The van der Waals surface area contributed by atoms with E-state index in [1.165, 1.54) is 4.88 Å². The summed E-state index contributed by atoms with van der Waals surface area (Å²) in [6.45, 7) is 4.81. The zero-order chi connectivity index (χ0) is 14.4. The molecule has 106 valence electrons. The average molecular weight is 289 g/mol. The second kappa shape index (κ2) is 7.14. The number of pyridine rings is 1. The minimum Gasteiger partial charge on any atom is -0.356 e. The second-order valence-corrected chi connectivity index (χ2v) is 6.03. The monoisotopic (exact) mass is 289 g/mol. The van der Waals surface area contributed by atoms with Crippen LogP contribution in [-0.2, 0) is 17.6 Å². The van der Waals surface area contributed by atoms with Crippen LogP contribution >= 0.6 is 11.3 Å². The van der Waals surface area contributed by atoms with Gasteiger partial charge in [0.2, 0.25) is 5.91 Å². The maximum absolute atomic E-state index is 11.7. The van der Waals surface area contributed by atoms with E-state index in [1.54, 1.807) is 23.7 Å². The normalized spacial score (nSPS) is 10.5. The van der Waals surface area contributed by atoms with Crippen molar-refractivity contribution in [2.75, 3.05) is 6.54 Å². The first-order chi connectivity index (χ1) is 9.65. The van der Waals surface area contributed by atoms with Crippen molar-refractivity contribution in [2.45, 2.75) is 33.1 Å². The van der Waals surface area contributed by atoms with E-state index in [0.29, 0.717) is 13.0 Å². The first-order valence-corrected chi connectivity index (χ1v) is 7.55. The fourth-order valence-electron chi connectivity index (χ4n) is 1.86. The molecule has 0 radical (unpaired) electrons. The topological polar surface area (TPSA) is 54.9 Å². The molecular weight excluding hydrogens is 270 g/mol. The molecule has 0 spiro atoms. The van der Waals surface area contributed by atoms with Crippen LogP contribution in [0.3, 0.4) is 0 Å². The molecule has 1 N–H and O–H groups in total. The van der Waals surface area contributed by atoms with Crippen molar-refractivity contribution in [3.63, 3.8) is 0 Å². The quantitative estimate of drug-likeness (QED) is 0.831. The first kappa shape index (κ1) is 14.7. The standard InChI is InChI=1S/C15H19N3OS/c1-11-12(2)20-15(18-11)6-4-8-17-14(19)9-13-5-3-7-16-10-13/h3,5,7,10H,4,6,8-9H2,1-2H3,(H,17,19). The molecule has 5 heteroatoms. The van der Waals surface area contributed by atoms with Crippen LogP contribution in [0.25, 0.3) is 0 Å². The van der Waals surface area contributed by atoms with Gasteiger partial charge in [0.25, 0.3) is 0 Å². The summed E-state index contributed by atoms with van der Waals surface area (Å²) in [6, 6.07) is 3.75. The van der Waals surface area contributed by atoms with Crippen LogP contribution in [0.4, 0.5) is 0 Å². The predicted octanol–water partition coefficient (Wildman–Crippen LogP) is 2.45. The number of nitrogens with one attached hydrogen (secondary N) is 1. The molecule has 0 aliphatic carbocycles. The van der Waals surface area contributed by atoms with Gasteiger partial charge < -0.3 is 5.32 Å². The number of thiazole rings is 1. The summed E-state index contributed by atoms with van der Waals surface area (Å²) < 4.78 is 0. The van der Waals surface area contributed by atoms with Crippen molar-refractivity contribution in [3.8, 4) is 0 Å². The Morgan fingerprint density at radius 3 is 2.90 bits per heavy atom. The molecule has 0 aromatic carbocycles. The zero-order valence-corrected chi connectivity index (χ0v) is 12.7. The predicted molar refractivity (Wildman–Crippen MR) is 80.9 cm³/mol. The molecule has 4 nitrogen and oxygen atoms in total. The fraction of sp³-hybridized carbons (Fsp3) is 0.400. The molecule has 0 bridgehead atoms. The number of aromatic nitrogens is 2. The maximum Gasteiger partial charge on any atom is 0.224 e. The smallest absolute Gasteiger partial charge is 0.224 e. The van der Waals surface area contributed by atoms with Gasteiger partial charge in [-0.3, -0.25) is 9.78 Å². The van der Waals surface area contributed by atoms with Crippen LogP contribution < -0.4 is 5.32 Å². The maximum atomic E-state index is 11.7. The highest BCUT2D eigenvalue weighted by atomic mass is 32.1. The van der Waals surface area contributed by atoms with Gasteiger partial charge >= 0.3 is 0 Å². The number of hydrogen-bond acceptors (Lipinski definition) is 4. The third-order valence-electron chi connectivity index (χ3n) is 3.05. The molecule has 1 amide bonds. The molecule has 2 aromatic heterocycles. The van der Waals surface area contributed by atoms with Gasteiger partial charge in [0.15, 0.2) is 0 Å². The molecule has 2 rings (SSSR count). The van der Waals surface area contributed by atoms with Crippen molar-refractivity contribution in [1.82, 2.24) is 15.3 Å². The number of amides is 1. The Bertz CT molecular complexity index is 546. The van der Waals surface area contributed by atoms with Gasteiger partial charge in [0.05, 0.1) is 17.1 Å². The van der Waals surface area contributed by atoms with Crippen molar-refractivity contribution in [1.29, 1.82) is 0 Å². The Labute approximate surface area is 123 Å². The summed E-state index contributed by atoms with van der Waals surface area (Å²) in [5, 5.41) is 4.09. The molecule has 0 unspecified atom stereocenters. The first-order valence-electron chi connectivity index (χ1n) is 6.73. The van der Waals surface area contributed by atoms with Crippen molar-refractivity contribution in [2.24, 2.45) is 0 Å². The number of nitrogens with zero attached hydrogens (tertiary/aromatic N) is 2. The molecule has 0 aliphatic heterocycles. The zero-order valence-electron chi connectivity index (χ0n) is 11.8. The molecular formula is C15H19N3OS. The highest BCUT2D eigenvalue weighted by molar-refractivity contribution is 7.11. The summed E-state index contributed by atoms with van der Waals surface area (Å²) in [5.41, 5.74) is 2.06. The minimum atomic E-state index is 0.0458. The number of carbonyl (C=O) groups excluding carboxylic acids is 1. The third-order valence-corrected chi connectivity index (χ3v) is 4.18. The van der Waals surface area contributed by atoms with Crippen LogP contribution in [0.5, 0.6) is 0 Å². The minimum absolute atomic E-state index is 0.0458. The van der Waals surface area contributed by atoms with E-state index < -0.39 is 0 Å². The van der Waals surface area contributed by atoms with E-state index in [4.69, 9.17) is 0 Å². The average Bonchev–Trinajstić information content (AvgIpc) is 2.75. The Balaban J connectivity index is 1.67. The molecule has 0 saturated carbocycles. The van der Waals surface area contributed by atoms with Crippen molar-refractivity contribution < 1.29 is 4.79 Å². The molecule has 20 heavy (non-hydrogen) atoms. The van der Waals surface area contributed by atoms with Gasteiger partial charge in [-0.15, -0.1) is 11.3 Å². The van der Waals surface area contributed by atoms with E-state index in [2.05, 4.69) is 22.2 Å². The van der Waals surface area contributed by atoms with Crippen LogP contribution in [-0.4, -0.2) is 22.4 Å². The summed E-state index contributed by atoms with van der Waals surface area (Å²) in [7, 11) is 0. The lowest BCUT2D eigenvalue weighted by Crippen LogP contribution is -2.26. The van der Waals surface area contributed by atoms with Crippen molar-refractivity contribution >= 4 is 17.2 Å². The van der Waals surface area contributed by atoms with Gasteiger partial charge in [0, 0.05) is 30.2 Å². The van der Waals surface area contributed by atoms with Crippen LogP contribution in [0.15, 0.2) is 24.5 Å². The second-order valence-electron chi connectivity index (χ2n) is 4.74. The Morgan fingerprint density at radius 2 is 2.25 bits per heavy atom. The molecule has 2 aromatic rings. The van der Waals surface area contributed by atoms with Crippen LogP contribution in [0.1, 0.15) is 27.6 Å². The van der Waals surface area contributed by atoms with Gasteiger partial charge in [-0.2, -0.15) is 0 Å². The van der Waals surface area contributed by atoms with E-state index in [-0.39, 0.29) is 5.91 Å². The van der Waals surface area contributed by atoms with E-state index in [9.17, 15) is 4.79 Å². The lowest BCUT2D eigenvalue weighted by atomic mass is 10.2. The van der Waals surface area contributed by atoms with Gasteiger partial charge in [-0.05, 0) is 31.9 Å². The van der Waals surface area contributed by atoms with E-state index >= 15 is 0 Å². The summed E-state index contributed by atoms with van der Waals surface area (Å²) >= 11 is 1.74. The third kappa shape index (κ3) is 4.42. The Hall–Kier alpha value is -1.75. The van der Waals surface area contributed by atoms with E-state index in [1.807, 2.05) is 19.1 Å². The molecule has 2 heterocycles. The fourth-order valence-corrected chi connectivity index (χ4v) is 2.84. The molecule has 0 aliphatic rings. The van der Waals surface area contributed by atoms with E-state index in [0.717, 1.165) is 29.1 Å². The van der Waals surface area contributed by atoms with Gasteiger partial charge in [0.1, 0.15) is 0 Å². The van der Waals surface area contributed by atoms with Crippen molar-refractivity contribution in [3.05, 3.63) is 45.7 Å². The largest absolute Gasteiger partial charge is 0.356 e. The molecule has 0 saturated heterocycles. The number of carbonyl (C=O) groups is 1. The Morgan fingerprint density at radius 1 is 1.40 bits per heavy atom. The van der Waals surface area contributed by atoms with Gasteiger partial charge in [-0.25, -0.2) is 4.98 Å². The SMILES string of the molecule is Cc1nc(CCCNC(=O)Cc2cccnc2)sc1C. The van der Waals surface area contributed by atoms with Crippen LogP contribution in [0.2, 0.25) is 0 Å². The molecule has 0 atom stereocenters. The highest BCUT2D eigenvalue weighted by Crippen LogP contribution is 2.17. The lowest BCUT2D eigenvalue weighted by molar-refractivity contribution is -0.120. The van der Waals surface area contributed by atoms with Gasteiger partial charge in [-0.1, -0.05) is 6.07 Å². The Kier molecular flexibility index (Phi) is 5.24.